The van der Waals surface area contributed by atoms with Crippen LogP contribution in [0.2, 0.25) is 0 Å². The highest BCUT2D eigenvalue weighted by atomic mass is 16.2. The molecule has 19 heavy (non-hydrogen) atoms. The summed E-state index contributed by atoms with van der Waals surface area (Å²) in [5, 5.41) is 3.32. The first-order chi connectivity index (χ1) is 8.95. The summed E-state index contributed by atoms with van der Waals surface area (Å²) >= 11 is 0. The lowest BCUT2D eigenvalue weighted by Crippen LogP contribution is -2.32. The quantitative estimate of drug-likeness (QED) is 0.793. The van der Waals surface area contributed by atoms with Gasteiger partial charge in [0.25, 0.3) is 5.91 Å². The molecular formula is C16H24N2O. The third-order valence-corrected chi connectivity index (χ3v) is 2.73. The zero-order valence-electron chi connectivity index (χ0n) is 12.4. The molecule has 0 aliphatic heterocycles. The maximum Gasteiger partial charge on any atom is 0.256 e. The van der Waals surface area contributed by atoms with Gasteiger partial charge in [0.2, 0.25) is 0 Å². The van der Waals surface area contributed by atoms with Crippen molar-refractivity contribution in [1.29, 1.82) is 0 Å². The molecule has 0 bridgehead atoms. The van der Waals surface area contributed by atoms with Crippen molar-refractivity contribution in [2.45, 2.75) is 33.7 Å². The smallest absolute Gasteiger partial charge is 0.256 e. The molecule has 0 saturated heterocycles. The molecule has 104 valence electrons. The second-order valence-electron chi connectivity index (χ2n) is 5.12. The third kappa shape index (κ3) is 4.43. The van der Waals surface area contributed by atoms with Gasteiger partial charge >= 0.3 is 0 Å². The van der Waals surface area contributed by atoms with Crippen LogP contribution >= 0.6 is 0 Å². The van der Waals surface area contributed by atoms with E-state index in [0.29, 0.717) is 19.1 Å². The average molecular weight is 260 g/mol. The largest absolute Gasteiger partial charge is 0.382 e. The van der Waals surface area contributed by atoms with Gasteiger partial charge in [0.15, 0.2) is 0 Å². The first kappa shape index (κ1) is 15.3. The van der Waals surface area contributed by atoms with Gasteiger partial charge in [0.1, 0.15) is 0 Å². The molecule has 0 atom stereocenters. The summed E-state index contributed by atoms with van der Waals surface area (Å²) in [6, 6.07) is 7.95. The Hall–Kier alpha value is -1.77. The lowest BCUT2D eigenvalue weighted by molar-refractivity contribution is 0.0779. The van der Waals surface area contributed by atoms with Crippen LogP contribution in [0.25, 0.3) is 0 Å². The van der Waals surface area contributed by atoms with Crippen molar-refractivity contribution in [3.63, 3.8) is 0 Å². The Labute approximate surface area is 116 Å². The van der Waals surface area contributed by atoms with Crippen LogP contribution in [0, 0.1) is 0 Å². The van der Waals surface area contributed by atoms with Gasteiger partial charge in [-0.05, 0) is 39.8 Å². The van der Waals surface area contributed by atoms with E-state index >= 15 is 0 Å². The number of benzene rings is 1. The fourth-order valence-corrected chi connectivity index (χ4v) is 1.93. The zero-order valence-corrected chi connectivity index (χ0v) is 12.4. The summed E-state index contributed by atoms with van der Waals surface area (Å²) in [6.45, 7) is 13.2. The van der Waals surface area contributed by atoms with Gasteiger partial charge in [-0.25, -0.2) is 0 Å². The SMILES string of the molecule is C=C(C)CN(CC)C(=O)c1ccccc1NC(C)C. The molecule has 0 unspecified atom stereocenters. The topological polar surface area (TPSA) is 32.3 Å². The summed E-state index contributed by atoms with van der Waals surface area (Å²) in [5.74, 6) is 0.0502. The highest BCUT2D eigenvalue weighted by Crippen LogP contribution is 2.18. The van der Waals surface area contributed by atoms with Crippen molar-refractivity contribution in [2.75, 3.05) is 18.4 Å². The summed E-state index contributed by atoms with van der Waals surface area (Å²) in [4.78, 5) is 14.4. The van der Waals surface area contributed by atoms with Crippen LogP contribution in [0.15, 0.2) is 36.4 Å². The van der Waals surface area contributed by atoms with Gasteiger partial charge in [-0.15, -0.1) is 0 Å². The van der Waals surface area contributed by atoms with Crippen molar-refractivity contribution < 1.29 is 4.79 Å². The summed E-state index contributed by atoms with van der Waals surface area (Å²) < 4.78 is 0. The van der Waals surface area contributed by atoms with Crippen molar-refractivity contribution in [2.24, 2.45) is 0 Å². The molecule has 0 saturated carbocycles. The number of hydrogen-bond acceptors (Lipinski definition) is 2. The fraction of sp³-hybridized carbons (Fsp3) is 0.438. The minimum atomic E-state index is 0.0502. The predicted octanol–water partition coefficient (Wildman–Crippen LogP) is 3.55. The molecule has 1 aromatic rings. The molecule has 0 heterocycles. The van der Waals surface area contributed by atoms with E-state index in [1.54, 1.807) is 0 Å². The van der Waals surface area contributed by atoms with E-state index in [9.17, 15) is 4.79 Å². The van der Waals surface area contributed by atoms with Crippen LogP contribution in [0.1, 0.15) is 38.1 Å². The monoisotopic (exact) mass is 260 g/mol. The van der Waals surface area contributed by atoms with Gasteiger partial charge in [-0.3, -0.25) is 4.79 Å². The Balaban J connectivity index is 3.00. The second kappa shape index (κ2) is 6.98. The summed E-state index contributed by atoms with van der Waals surface area (Å²) in [5.41, 5.74) is 2.60. The molecule has 3 nitrogen and oxygen atoms in total. The Kier molecular flexibility index (Phi) is 5.61. The van der Waals surface area contributed by atoms with Crippen molar-refractivity contribution in [3.8, 4) is 0 Å². The molecule has 1 N–H and O–H groups in total. The minimum Gasteiger partial charge on any atom is -0.382 e. The molecule has 0 spiro atoms. The van der Waals surface area contributed by atoms with E-state index in [1.165, 1.54) is 0 Å². The highest BCUT2D eigenvalue weighted by molar-refractivity contribution is 5.99. The van der Waals surface area contributed by atoms with Crippen LogP contribution in [-0.4, -0.2) is 29.9 Å². The fourth-order valence-electron chi connectivity index (χ4n) is 1.93. The normalized spacial score (nSPS) is 10.4. The number of amides is 1. The van der Waals surface area contributed by atoms with Gasteiger partial charge in [-0.1, -0.05) is 24.3 Å². The van der Waals surface area contributed by atoms with Crippen LogP contribution in [-0.2, 0) is 0 Å². The number of likely N-dealkylation sites (N-methyl/N-ethyl adjacent to an activating group) is 1. The summed E-state index contributed by atoms with van der Waals surface area (Å²) in [6.07, 6.45) is 0. The van der Waals surface area contributed by atoms with E-state index in [-0.39, 0.29) is 5.91 Å². The van der Waals surface area contributed by atoms with E-state index in [4.69, 9.17) is 0 Å². The van der Waals surface area contributed by atoms with E-state index in [0.717, 1.165) is 16.8 Å². The maximum absolute atomic E-state index is 12.6. The molecule has 1 amide bonds. The number of anilines is 1. The number of nitrogens with one attached hydrogen (secondary N) is 1. The van der Waals surface area contributed by atoms with Gasteiger partial charge in [0, 0.05) is 24.8 Å². The van der Waals surface area contributed by atoms with E-state index < -0.39 is 0 Å². The highest BCUT2D eigenvalue weighted by Gasteiger charge is 2.17. The van der Waals surface area contributed by atoms with Crippen molar-refractivity contribution in [3.05, 3.63) is 42.0 Å². The first-order valence-corrected chi connectivity index (χ1v) is 6.75. The van der Waals surface area contributed by atoms with Crippen LogP contribution in [0.4, 0.5) is 5.69 Å². The van der Waals surface area contributed by atoms with Gasteiger partial charge in [-0.2, -0.15) is 0 Å². The molecule has 1 aromatic carbocycles. The van der Waals surface area contributed by atoms with E-state index in [1.807, 2.05) is 43.0 Å². The molecule has 1 rings (SSSR count). The predicted molar refractivity (Wildman–Crippen MR) is 81.6 cm³/mol. The van der Waals surface area contributed by atoms with Crippen LogP contribution in [0.5, 0.6) is 0 Å². The Morgan fingerprint density at radius 2 is 2.00 bits per heavy atom. The molecule has 0 aliphatic rings. The third-order valence-electron chi connectivity index (χ3n) is 2.73. The average Bonchev–Trinajstić information content (AvgIpc) is 2.35. The number of para-hydroxylation sites is 1. The Bertz CT molecular complexity index is 452. The number of hydrogen-bond donors (Lipinski definition) is 1. The van der Waals surface area contributed by atoms with Crippen molar-refractivity contribution >= 4 is 11.6 Å². The van der Waals surface area contributed by atoms with Gasteiger partial charge in [0.05, 0.1) is 5.56 Å². The van der Waals surface area contributed by atoms with Gasteiger partial charge < -0.3 is 10.2 Å². The number of nitrogens with zero attached hydrogens (tertiary/aromatic N) is 1. The number of rotatable bonds is 6. The molecule has 0 radical (unpaired) electrons. The molecule has 0 aromatic heterocycles. The van der Waals surface area contributed by atoms with E-state index in [2.05, 4.69) is 25.7 Å². The number of carbonyl (C=O) groups is 1. The second-order valence-corrected chi connectivity index (χ2v) is 5.12. The molecule has 0 fully saturated rings. The van der Waals surface area contributed by atoms with Crippen LogP contribution in [0.3, 0.4) is 0 Å². The minimum absolute atomic E-state index is 0.0502. The summed E-state index contributed by atoms with van der Waals surface area (Å²) in [7, 11) is 0. The lowest BCUT2D eigenvalue weighted by atomic mass is 10.1. The zero-order chi connectivity index (χ0) is 14.4. The Morgan fingerprint density at radius 1 is 1.37 bits per heavy atom. The number of carbonyl (C=O) groups excluding carboxylic acids is 1. The maximum atomic E-state index is 12.6. The standard InChI is InChI=1S/C16H24N2O/c1-6-18(11-12(2)3)16(19)14-9-7-8-10-15(14)17-13(4)5/h7-10,13,17H,2,6,11H2,1,3-5H3. The van der Waals surface area contributed by atoms with Crippen molar-refractivity contribution in [1.82, 2.24) is 4.90 Å². The lowest BCUT2D eigenvalue weighted by Gasteiger charge is -2.23. The first-order valence-electron chi connectivity index (χ1n) is 6.75. The Morgan fingerprint density at radius 3 is 2.53 bits per heavy atom. The molecule has 3 heteroatoms. The van der Waals surface area contributed by atoms with Crippen LogP contribution < -0.4 is 5.32 Å². The molecule has 0 aliphatic carbocycles. The molecular weight excluding hydrogens is 236 g/mol.